The third kappa shape index (κ3) is 1.30. The SMILES string of the molecule is Cc1nc(C)c2oc(=O)c(C)c(O)c2c1C. The maximum Gasteiger partial charge on any atom is 0.342 e. The second-order valence-corrected chi connectivity index (χ2v) is 3.97. The van der Waals surface area contributed by atoms with Gasteiger partial charge in [0.15, 0.2) is 5.58 Å². The molecule has 16 heavy (non-hydrogen) atoms. The molecule has 0 amide bonds. The molecule has 2 heterocycles. The van der Waals surface area contributed by atoms with Crippen LogP contribution in [0, 0.1) is 27.7 Å². The van der Waals surface area contributed by atoms with Gasteiger partial charge in [0.2, 0.25) is 0 Å². The lowest BCUT2D eigenvalue weighted by atomic mass is 10.1. The molecule has 0 saturated carbocycles. The second kappa shape index (κ2) is 3.33. The molecule has 0 aliphatic rings. The highest BCUT2D eigenvalue weighted by atomic mass is 16.4. The standard InChI is InChI=1S/C12H13NO3/c1-5-7(3)13-8(4)11-9(5)10(14)6(2)12(15)16-11/h14H,1-4H3. The summed E-state index contributed by atoms with van der Waals surface area (Å²) in [6, 6.07) is 0. The molecule has 2 aromatic heterocycles. The van der Waals surface area contributed by atoms with Gasteiger partial charge in [0.05, 0.1) is 16.6 Å². The molecule has 0 aliphatic heterocycles. The lowest BCUT2D eigenvalue weighted by Gasteiger charge is -2.09. The molecule has 2 aromatic rings. The molecule has 0 unspecified atom stereocenters. The zero-order chi connectivity index (χ0) is 12.0. The minimum Gasteiger partial charge on any atom is -0.507 e. The first-order valence-corrected chi connectivity index (χ1v) is 5.03. The van der Waals surface area contributed by atoms with E-state index in [-0.39, 0.29) is 11.3 Å². The Kier molecular flexibility index (Phi) is 2.22. The topological polar surface area (TPSA) is 63.3 Å². The van der Waals surface area contributed by atoms with Crippen LogP contribution in [-0.4, -0.2) is 10.1 Å². The van der Waals surface area contributed by atoms with Crippen LogP contribution in [0.1, 0.15) is 22.5 Å². The predicted molar refractivity (Wildman–Crippen MR) is 60.9 cm³/mol. The van der Waals surface area contributed by atoms with Gasteiger partial charge in [-0.15, -0.1) is 0 Å². The molecule has 0 aliphatic carbocycles. The van der Waals surface area contributed by atoms with E-state index in [9.17, 15) is 9.90 Å². The van der Waals surface area contributed by atoms with Crippen molar-refractivity contribution in [1.82, 2.24) is 4.98 Å². The van der Waals surface area contributed by atoms with Crippen molar-refractivity contribution in [3.05, 3.63) is 32.9 Å². The van der Waals surface area contributed by atoms with Gasteiger partial charge in [-0.25, -0.2) is 4.79 Å². The maximum atomic E-state index is 11.4. The van der Waals surface area contributed by atoms with E-state index in [2.05, 4.69) is 4.98 Å². The molecule has 0 aromatic carbocycles. The molecule has 4 nitrogen and oxygen atoms in total. The van der Waals surface area contributed by atoms with Crippen LogP contribution in [0.5, 0.6) is 5.75 Å². The number of fused-ring (bicyclic) bond motifs is 1. The molecule has 0 fully saturated rings. The Morgan fingerprint density at radius 3 is 2.31 bits per heavy atom. The number of hydrogen-bond acceptors (Lipinski definition) is 4. The fourth-order valence-electron chi connectivity index (χ4n) is 1.78. The van der Waals surface area contributed by atoms with Gasteiger partial charge in [-0.1, -0.05) is 0 Å². The Hall–Kier alpha value is -1.84. The van der Waals surface area contributed by atoms with Crippen molar-refractivity contribution < 1.29 is 9.52 Å². The van der Waals surface area contributed by atoms with Crippen LogP contribution >= 0.6 is 0 Å². The molecule has 0 bridgehead atoms. The van der Waals surface area contributed by atoms with Crippen molar-refractivity contribution in [1.29, 1.82) is 0 Å². The Balaban J connectivity index is 3.14. The average molecular weight is 219 g/mol. The number of hydrogen-bond donors (Lipinski definition) is 1. The van der Waals surface area contributed by atoms with Crippen LogP contribution in [-0.2, 0) is 0 Å². The highest BCUT2D eigenvalue weighted by molar-refractivity contribution is 5.89. The summed E-state index contributed by atoms with van der Waals surface area (Å²) in [5.41, 5.74) is 2.37. The lowest BCUT2D eigenvalue weighted by Crippen LogP contribution is -2.06. The van der Waals surface area contributed by atoms with Crippen LogP contribution < -0.4 is 5.63 Å². The van der Waals surface area contributed by atoms with Gasteiger partial charge in [-0.05, 0) is 33.3 Å². The first-order valence-electron chi connectivity index (χ1n) is 5.03. The van der Waals surface area contributed by atoms with Gasteiger partial charge in [0.1, 0.15) is 5.75 Å². The second-order valence-electron chi connectivity index (χ2n) is 3.97. The minimum atomic E-state index is -0.516. The minimum absolute atomic E-state index is 0.00245. The van der Waals surface area contributed by atoms with E-state index in [1.807, 2.05) is 13.8 Å². The summed E-state index contributed by atoms with van der Waals surface area (Å²) in [7, 11) is 0. The molecule has 2 rings (SSSR count). The zero-order valence-corrected chi connectivity index (χ0v) is 9.71. The quantitative estimate of drug-likeness (QED) is 0.737. The van der Waals surface area contributed by atoms with Gasteiger partial charge >= 0.3 is 5.63 Å². The van der Waals surface area contributed by atoms with E-state index < -0.39 is 5.63 Å². The smallest absolute Gasteiger partial charge is 0.342 e. The van der Waals surface area contributed by atoms with Crippen molar-refractivity contribution >= 4 is 11.0 Å². The van der Waals surface area contributed by atoms with Gasteiger partial charge in [-0.2, -0.15) is 0 Å². The monoisotopic (exact) mass is 219 g/mol. The van der Waals surface area contributed by atoms with Gasteiger partial charge < -0.3 is 9.52 Å². The van der Waals surface area contributed by atoms with Crippen molar-refractivity contribution in [2.75, 3.05) is 0 Å². The molecule has 1 N–H and O–H groups in total. The summed E-state index contributed by atoms with van der Waals surface area (Å²) in [4.78, 5) is 15.7. The summed E-state index contributed by atoms with van der Waals surface area (Å²) >= 11 is 0. The highest BCUT2D eigenvalue weighted by Crippen LogP contribution is 2.31. The molecule has 0 spiro atoms. The molecule has 0 atom stereocenters. The van der Waals surface area contributed by atoms with Crippen LogP contribution in [0.3, 0.4) is 0 Å². The van der Waals surface area contributed by atoms with E-state index in [1.165, 1.54) is 0 Å². The van der Waals surface area contributed by atoms with Crippen LogP contribution in [0.15, 0.2) is 9.21 Å². The molecule has 0 radical (unpaired) electrons. The maximum absolute atomic E-state index is 11.4. The number of aryl methyl sites for hydroxylation is 3. The molecule has 84 valence electrons. The Labute approximate surface area is 92.6 Å². The number of pyridine rings is 1. The molecular weight excluding hydrogens is 206 g/mol. The van der Waals surface area contributed by atoms with E-state index in [1.54, 1.807) is 13.8 Å². The fraction of sp³-hybridized carbons (Fsp3) is 0.333. The first-order chi connectivity index (χ1) is 7.43. The van der Waals surface area contributed by atoms with Crippen LogP contribution in [0.25, 0.3) is 11.0 Å². The Morgan fingerprint density at radius 1 is 1.06 bits per heavy atom. The van der Waals surface area contributed by atoms with Crippen molar-refractivity contribution in [2.45, 2.75) is 27.7 Å². The number of aromatic hydroxyl groups is 1. The third-order valence-corrected chi connectivity index (χ3v) is 2.90. The summed E-state index contributed by atoms with van der Waals surface area (Å²) < 4.78 is 5.16. The van der Waals surface area contributed by atoms with Gasteiger partial charge in [0, 0.05) is 5.69 Å². The Bertz CT molecular complexity index is 641. The third-order valence-electron chi connectivity index (χ3n) is 2.90. The lowest BCUT2D eigenvalue weighted by molar-refractivity contribution is 0.460. The van der Waals surface area contributed by atoms with Crippen LogP contribution in [0.2, 0.25) is 0 Å². The normalized spacial score (nSPS) is 11.0. The van der Waals surface area contributed by atoms with E-state index in [0.717, 1.165) is 11.3 Å². The molecular formula is C12H13NO3. The van der Waals surface area contributed by atoms with Gasteiger partial charge in [0.25, 0.3) is 0 Å². The molecule has 0 saturated heterocycles. The number of aromatic nitrogens is 1. The van der Waals surface area contributed by atoms with Crippen molar-refractivity contribution in [3.63, 3.8) is 0 Å². The van der Waals surface area contributed by atoms with E-state index >= 15 is 0 Å². The largest absolute Gasteiger partial charge is 0.507 e. The zero-order valence-electron chi connectivity index (χ0n) is 9.71. The number of rotatable bonds is 0. The van der Waals surface area contributed by atoms with E-state index in [0.29, 0.717) is 16.7 Å². The fourth-order valence-corrected chi connectivity index (χ4v) is 1.78. The van der Waals surface area contributed by atoms with Crippen LogP contribution in [0.4, 0.5) is 0 Å². The summed E-state index contributed by atoms with van der Waals surface area (Å²) in [5.74, 6) is -0.00245. The summed E-state index contributed by atoms with van der Waals surface area (Å²) in [6.45, 7) is 7.02. The van der Waals surface area contributed by atoms with E-state index in [4.69, 9.17) is 4.42 Å². The van der Waals surface area contributed by atoms with Crippen molar-refractivity contribution in [2.24, 2.45) is 0 Å². The highest BCUT2D eigenvalue weighted by Gasteiger charge is 2.16. The number of nitrogens with zero attached hydrogens (tertiary/aromatic N) is 1. The predicted octanol–water partition coefficient (Wildman–Crippen LogP) is 2.13. The average Bonchev–Trinajstić information content (AvgIpc) is 2.22. The molecule has 4 heteroatoms. The van der Waals surface area contributed by atoms with Gasteiger partial charge in [-0.3, -0.25) is 4.98 Å². The first kappa shape index (κ1) is 10.7. The van der Waals surface area contributed by atoms with Crippen molar-refractivity contribution in [3.8, 4) is 5.75 Å². The summed E-state index contributed by atoms with van der Waals surface area (Å²) in [5, 5.41) is 10.6. The Morgan fingerprint density at radius 2 is 1.69 bits per heavy atom. The summed E-state index contributed by atoms with van der Waals surface area (Å²) in [6.07, 6.45) is 0.